The van der Waals surface area contributed by atoms with Gasteiger partial charge in [0.1, 0.15) is 0 Å². The van der Waals surface area contributed by atoms with Crippen molar-refractivity contribution in [3.63, 3.8) is 0 Å². The number of amides is 2. The van der Waals surface area contributed by atoms with Gasteiger partial charge in [-0.05, 0) is 98.8 Å². The van der Waals surface area contributed by atoms with Gasteiger partial charge in [-0.2, -0.15) is 16.9 Å². The fourth-order valence-electron chi connectivity index (χ4n) is 5.17. The smallest absolute Gasteiger partial charge is 0.273 e. The van der Waals surface area contributed by atoms with E-state index in [1.165, 1.54) is 12.0 Å². The molecule has 0 atom stereocenters. The van der Waals surface area contributed by atoms with Gasteiger partial charge in [-0.15, -0.1) is 0 Å². The molecule has 2 N–H and O–H groups in total. The Kier molecular flexibility index (Phi) is 12.2. The lowest BCUT2D eigenvalue weighted by molar-refractivity contribution is 0.0956. The molecule has 228 valence electrons. The minimum Gasteiger partial charge on any atom is -0.372 e. The van der Waals surface area contributed by atoms with Crippen LogP contribution in [-0.4, -0.2) is 61.4 Å². The molecule has 1 saturated heterocycles. The molecule has 1 fully saturated rings. The molecule has 0 aromatic heterocycles. The number of carbonyl (C=O) groups excluding carboxylic acids is 2. The minimum atomic E-state index is -0.368. The first-order valence-corrected chi connectivity index (χ1v) is 16.5. The Balaban J connectivity index is 1.48. The van der Waals surface area contributed by atoms with Crippen LogP contribution < -0.4 is 15.6 Å². The van der Waals surface area contributed by atoms with Crippen molar-refractivity contribution in [2.75, 3.05) is 48.7 Å². The van der Waals surface area contributed by atoms with Gasteiger partial charge >= 0.3 is 0 Å². The lowest BCUT2D eigenvalue weighted by Gasteiger charge is -2.29. The lowest BCUT2D eigenvalue weighted by atomic mass is 10.1. The molecular formula is C35H45N5O2S. The zero-order chi connectivity index (χ0) is 30.6. The molecule has 8 heteroatoms. The van der Waals surface area contributed by atoms with Crippen LogP contribution in [0.25, 0.3) is 0 Å². The van der Waals surface area contributed by atoms with E-state index >= 15 is 0 Å². The monoisotopic (exact) mass is 599 g/mol. The molecule has 2 amide bonds. The zero-order valence-electron chi connectivity index (χ0n) is 26.0. The van der Waals surface area contributed by atoms with Crippen molar-refractivity contribution in [2.45, 2.75) is 52.7 Å². The van der Waals surface area contributed by atoms with Crippen molar-refractivity contribution in [2.24, 2.45) is 5.10 Å². The van der Waals surface area contributed by atoms with Crippen LogP contribution >= 0.6 is 11.8 Å². The number of anilines is 2. The number of piperidine rings is 1. The molecule has 3 aromatic rings. The lowest BCUT2D eigenvalue weighted by Crippen LogP contribution is -2.30. The van der Waals surface area contributed by atoms with Gasteiger partial charge in [0.05, 0.1) is 17.5 Å². The molecule has 0 unspecified atom stereocenters. The van der Waals surface area contributed by atoms with Gasteiger partial charge in [0.2, 0.25) is 0 Å². The van der Waals surface area contributed by atoms with Crippen LogP contribution in [0.1, 0.15) is 76.1 Å². The Morgan fingerprint density at radius 1 is 0.930 bits per heavy atom. The molecule has 1 heterocycles. The predicted molar refractivity (Wildman–Crippen MR) is 182 cm³/mol. The van der Waals surface area contributed by atoms with Crippen molar-refractivity contribution in [1.29, 1.82) is 0 Å². The number of benzene rings is 3. The van der Waals surface area contributed by atoms with Crippen LogP contribution in [0.15, 0.2) is 65.8 Å². The van der Waals surface area contributed by atoms with E-state index in [0.29, 0.717) is 16.8 Å². The van der Waals surface area contributed by atoms with Crippen LogP contribution in [0.3, 0.4) is 0 Å². The minimum absolute atomic E-state index is 0.242. The fraction of sp³-hybridized carbons (Fsp3) is 0.400. The van der Waals surface area contributed by atoms with E-state index in [0.717, 1.165) is 79.4 Å². The summed E-state index contributed by atoms with van der Waals surface area (Å²) in [6, 6.07) is 19.5. The Hall–Kier alpha value is -3.62. The second kappa shape index (κ2) is 16.3. The number of rotatable bonds is 13. The highest BCUT2D eigenvalue weighted by Crippen LogP contribution is 2.27. The van der Waals surface area contributed by atoms with Crippen molar-refractivity contribution in [3.05, 3.63) is 94.0 Å². The SMILES string of the molecule is CCN(CC)CCSCc1cccc(C(=O)Nc2ccc(N3CCCCC3)cc2C(=O)N/N=C/c2ccc(C)c(C)c2)c1. The van der Waals surface area contributed by atoms with Gasteiger partial charge in [-0.3, -0.25) is 9.59 Å². The van der Waals surface area contributed by atoms with Gasteiger partial charge in [0, 0.05) is 42.4 Å². The van der Waals surface area contributed by atoms with E-state index in [9.17, 15) is 9.59 Å². The average Bonchev–Trinajstić information content (AvgIpc) is 3.03. The van der Waals surface area contributed by atoms with E-state index in [1.807, 2.05) is 73.3 Å². The Bertz CT molecular complexity index is 1410. The van der Waals surface area contributed by atoms with Gasteiger partial charge in [-0.1, -0.05) is 44.2 Å². The van der Waals surface area contributed by atoms with Gasteiger partial charge in [-0.25, -0.2) is 5.43 Å². The maximum atomic E-state index is 13.4. The van der Waals surface area contributed by atoms with E-state index in [2.05, 4.69) is 52.5 Å². The van der Waals surface area contributed by atoms with E-state index in [1.54, 1.807) is 6.21 Å². The van der Waals surface area contributed by atoms with Crippen molar-refractivity contribution < 1.29 is 9.59 Å². The summed E-state index contributed by atoms with van der Waals surface area (Å²) in [5.74, 6) is 1.28. The molecule has 4 rings (SSSR count). The molecule has 1 aliphatic rings. The van der Waals surface area contributed by atoms with Crippen LogP contribution in [0.4, 0.5) is 11.4 Å². The fourth-order valence-corrected chi connectivity index (χ4v) is 6.12. The number of thioether (sulfide) groups is 1. The van der Waals surface area contributed by atoms with Gasteiger partial charge in [0.25, 0.3) is 11.8 Å². The van der Waals surface area contributed by atoms with Crippen LogP contribution in [-0.2, 0) is 5.75 Å². The second-order valence-corrected chi connectivity index (χ2v) is 12.2. The summed E-state index contributed by atoms with van der Waals surface area (Å²) in [6.07, 6.45) is 5.12. The third-order valence-electron chi connectivity index (χ3n) is 8.03. The summed E-state index contributed by atoms with van der Waals surface area (Å²) < 4.78 is 0. The Morgan fingerprint density at radius 3 is 2.47 bits per heavy atom. The van der Waals surface area contributed by atoms with Gasteiger partial charge < -0.3 is 15.1 Å². The summed E-state index contributed by atoms with van der Waals surface area (Å²) in [5, 5.41) is 7.22. The Labute approximate surface area is 261 Å². The third kappa shape index (κ3) is 9.43. The standard InChI is InChI=1S/C35H45N5O2S/c1-5-39(6-2)19-20-43-25-29-11-10-12-30(22-29)34(41)37-33-16-15-31(40-17-8-7-9-18-40)23-32(33)35(42)38-36-24-28-14-13-26(3)27(4)21-28/h10-16,21-24H,5-9,17-20,25H2,1-4H3,(H,37,41)(H,38,42)/b36-24+. The molecule has 0 radical (unpaired) electrons. The summed E-state index contributed by atoms with van der Waals surface area (Å²) in [7, 11) is 0. The quantitative estimate of drug-likeness (QED) is 0.127. The summed E-state index contributed by atoms with van der Waals surface area (Å²) in [4.78, 5) is 31.5. The number of nitrogens with zero attached hydrogens (tertiary/aromatic N) is 3. The zero-order valence-corrected chi connectivity index (χ0v) is 26.8. The number of hydrogen-bond donors (Lipinski definition) is 2. The average molecular weight is 600 g/mol. The first-order valence-electron chi connectivity index (χ1n) is 15.4. The molecule has 0 bridgehead atoms. The first kappa shape index (κ1) is 32.3. The highest BCUT2D eigenvalue weighted by Gasteiger charge is 2.19. The van der Waals surface area contributed by atoms with Crippen molar-refractivity contribution in [3.8, 4) is 0 Å². The highest BCUT2D eigenvalue weighted by molar-refractivity contribution is 7.98. The molecule has 0 saturated carbocycles. The third-order valence-corrected chi connectivity index (χ3v) is 9.04. The topological polar surface area (TPSA) is 77.0 Å². The highest BCUT2D eigenvalue weighted by atomic mass is 32.2. The largest absolute Gasteiger partial charge is 0.372 e. The summed E-state index contributed by atoms with van der Waals surface area (Å²) >= 11 is 1.87. The number of hydrazone groups is 1. The van der Waals surface area contributed by atoms with Gasteiger partial charge in [0.15, 0.2) is 0 Å². The van der Waals surface area contributed by atoms with E-state index < -0.39 is 0 Å². The van der Waals surface area contributed by atoms with Crippen molar-refractivity contribution in [1.82, 2.24) is 10.3 Å². The molecule has 1 aliphatic heterocycles. The maximum Gasteiger partial charge on any atom is 0.273 e. The van der Waals surface area contributed by atoms with E-state index in [4.69, 9.17) is 0 Å². The van der Waals surface area contributed by atoms with E-state index in [-0.39, 0.29) is 11.8 Å². The second-order valence-electron chi connectivity index (χ2n) is 11.1. The normalized spacial score (nSPS) is 13.5. The predicted octanol–water partition coefficient (Wildman–Crippen LogP) is 6.88. The molecule has 0 aliphatic carbocycles. The van der Waals surface area contributed by atoms with Crippen molar-refractivity contribution >= 4 is 41.2 Å². The molecule has 43 heavy (non-hydrogen) atoms. The molecule has 7 nitrogen and oxygen atoms in total. The summed E-state index contributed by atoms with van der Waals surface area (Å²) in [5.41, 5.74) is 9.45. The summed E-state index contributed by atoms with van der Waals surface area (Å²) in [6.45, 7) is 13.6. The maximum absolute atomic E-state index is 13.4. The number of aryl methyl sites for hydroxylation is 2. The molecule has 3 aromatic carbocycles. The first-order chi connectivity index (χ1) is 20.9. The van der Waals surface area contributed by atoms with Crippen LogP contribution in [0.5, 0.6) is 0 Å². The Morgan fingerprint density at radius 2 is 1.72 bits per heavy atom. The number of nitrogens with one attached hydrogen (secondary N) is 2. The number of hydrogen-bond acceptors (Lipinski definition) is 6. The molecular weight excluding hydrogens is 554 g/mol. The van der Waals surface area contributed by atoms with Crippen LogP contribution in [0, 0.1) is 13.8 Å². The molecule has 0 spiro atoms. The number of carbonyl (C=O) groups is 2. The van der Waals surface area contributed by atoms with Crippen LogP contribution in [0.2, 0.25) is 0 Å².